The Morgan fingerprint density at radius 1 is 0.960 bits per heavy atom. The van der Waals surface area contributed by atoms with Crippen LogP contribution in [0.2, 0.25) is 5.02 Å². The molecule has 124 valence electrons. The maximum atomic E-state index is 6.10. The van der Waals surface area contributed by atoms with Gasteiger partial charge < -0.3 is 0 Å². The highest BCUT2D eigenvalue weighted by Gasteiger charge is 2.19. The van der Waals surface area contributed by atoms with Crippen LogP contribution in [-0.2, 0) is 6.42 Å². The van der Waals surface area contributed by atoms with Crippen molar-refractivity contribution in [2.75, 3.05) is 0 Å². The smallest absolute Gasteiger partial charge is 0.182 e. The van der Waals surface area contributed by atoms with E-state index in [1.807, 2.05) is 37.3 Å². The van der Waals surface area contributed by atoms with Crippen molar-refractivity contribution >= 4 is 22.6 Å². The van der Waals surface area contributed by atoms with E-state index in [1.54, 1.807) is 0 Å². The summed E-state index contributed by atoms with van der Waals surface area (Å²) < 4.78 is 0. The van der Waals surface area contributed by atoms with Crippen molar-refractivity contribution in [3.05, 3.63) is 70.9 Å². The highest BCUT2D eigenvalue weighted by Crippen LogP contribution is 2.38. The number of H-pyrrole nitrogens is 1. The lowest BCUT2D eigenvalue weighted by Crippen LogP contribution is -1.98. The van der Waals surface area contributed by atoms with Gasteiger partial charge in [-0.05, 0) is 42.2 Å². The third-order valence-electron chi connectivity index (χ3n) is 4.52. The number of fused-ring (bicyclic) bond motifs is 1. The fourth-order valence-corrected chi connectivity index (χ4v) is 3.48. The van der Waals surface area contributed by atoms with E-state index in [0.29, 0.717) is 0 Å². The molecule has 0 aliphatic rings. The van der Waals surface area contributed by atoms with Crippen molar-refractivity contribution in [1.29, 1.82) is 0 Å². The summed E-state index contributed by atoms with van der Waals surface area (Å²) in [5.74, 6) is 0. The standard InChI is InChI=1S/C21H18ClN3/c1-3-17-19(14-9-11-16(22)12-10-14)18-13(2)24-25-21(18)23-20(17)15-7-5-4-6-8-15/h4-12H,3H2,1-2H3,(H,23,24,25). The SMILES string of the molecule is CCc1c(-c2ccccc2)nc2n[nH]c(C)c2c1-c1ccc(Cl)cc1. The van der Waals surface area contributed by atoms with Gasteiger partial charge >= 0.3 is 0 Å². The Morgan fingerprint density at radius 3 is 2.36 bits per heavy atom. The second-order valence-electron chi connectivity index (χ2n) is 6.09. The van der Waals surface area contributed by atoms with Gasteiger partial charge in [-0.3, -0.25) is 5.10 Å². The number of nitrogens with one attached hydrogen (secondary N) is 1. The zero-order chi connectivity index (χ0) is 17.4. The molecule has 4 heteroatoms. The monoisotopic (exact) mass is 347 g/mol. The van der Waals surface area contributed by atoms with Crippen LogP contribution in [0.1, 0.15) is 18.2 Å². The molecule has 2 heterocycles. The highest BCUT2D eigenvalue weighted by atomic mass is 35.5. The van der Waals surface area contributed by atoms with Gasteiger partial charge in [0.2, 0.25) is 0 Å². The molecular weight excluding hydrogens is 330 g/mol. The quantitative estimate of drug-likeness (QED) is 0.507. The minimum atomic E-state index is 0.735. The van der Waals surface area contributed by atoms with Crippen molar-refractivity contribution in [1.82, 2.24) is 15.2 Å². The van der Waals surface area contributed by atoms with Gasteiger partial charge in [0.05, 0.1) is 5.69 Å². The Balaban J connectivity index is 2.11. The van der Waals surface area contributed by atoms with Crippen LogP contribution in [0, 0.1) is 6.92 Å². The summed E-state index contributed by atoms with van der Waals surface area (Å²) in [6.07, 6.45) is 0.885. The molecule has 0 aliphatic carbocycles. The van der Waals surface area contributed by atoms with Gasteiger partial charge in [0.1, 0.15) is 0 Å². The van der Waals surface area contributed by atoms with E-state index in [4.69, 9.17) is 16.6 Å². The van der Waals surface area contributed by atoms with Crippen molar-refractivity contribution < 1.29 is 0 Å². The molecule has 0 atom stereocenters. The van der Waals surface area contributed by atoms with Gasteiger partial charge in [-0.2, -0.15) is 5.10 Å². The number of aromatic nitrogens is 3. The average Bonchev–Trinajstić information content (AvgIpc) is 3.02. The summed E-state index contributed by atoms with van der Waals surface area (Å²) in [6.45, 7) is 4.21. The summed E-state index contributed by atoms with van der Waals surface area (Å²) >= 11 is 6.10. The number of rotatable bonds is 3. The van der Waals surface area contributed by atoms with Crippen LogP contribution in [-0.4, -0.2) is 15.2 Å². The zero-order valence-corrected chi connectivity index (χ0v) is 14.9. The number of halogens is 1. The van der Waals surface area contributed by atoms with Crippen LogP contribution < -0.4 is 0 Å². The summed E-state index contributed by atoms with van der Waals surface area (Å²) in [5.41, 5.74) is 7.43. The Labute approximate surface area is 151 Å². The number of aryl methyl sites for hydroxylation is 1. The second-order valence-corrected chi connectivity index (χ2v) is 6.52. The van der Waals surface area contributed by atoms with Gasteiger partial charge in [0.25, 0.3) is 0 Å². The topological polar surface area (TPSA) is 41.6 Å². The van der Waals surface area contributed by atoms with Gasteiger partial charge in [0.15, 0.2) is 5.65 Å². The van der Waals surface area contributed by atoms with Gasteiger partial charge in [-0.1, -0.05) is 61.0 Å². The van der Waals surface area contributed by atoms with Crippen LogP contribution in [0.15, 0.2) is 54.6 Å². The Morgan fingerprint density at radius 2 is 1.68 bits per heavy atom. The van der Waals surface area contributed by atoms with Gasteiger partial charge in [-0.15, -0.1) is 0 Å². The molecule has 2 aromatic heterocycles. The fraction of sp³-hybridized carbons (Fsp3) is 0.143. The van der Waals surface area contributed by atoms with E-state index in [1.165, 1.54) is 11.1 Å². The molecule has 3 nitrogen and oxygen atoms in total. The summed E-state index contributed by atoms with van der Waals surface area (Å²) in [7, 11) is 0. The largest absolute Gasteiger partial charge is 0.280 e. The molecule has 1 N–H and O–H groups in total. The summed E-state index contributed by atoms with van der Waals surface area (Å²) in [5, 5.41) is 9.33. The molecular formula is C21H18ClN3. The maximum Gasteiger partial charge on any atom is 0.182 e. The lowest BCUT2D eigenvalue weighted by molar-refractivity contribution is 1.05. The predicted octanol–water partition coefficient (Wildman–Crippen LogP) is 5.82. The molecule has 4 aromatic rings. The molecule has 0 saturated carbocycles. The first-order chi connectivity index (χ1) is 12.2. The van der Waals surface area contributed by atoms with Crippen LogP contribution in [0.25, 0.3) is 33.4 Å². The third-order valence-corrected chi connectivity index (χ3v) is 4.77. The molecule has 0 aliphatic heterocycles. The van der Waals surface area contributed by atoms with E-state index in [0.717, 1.165) is 45.0 Å². The zero-order valence-electron chi connectivity index (χ0n) is 14.2. The first-order valence-electron chi connectivity index (χ1n) is 8.38. The Bertz CT molecular complexity index is 1030. The molecule has 0 radical (unpaired) electrons. The minimum Gasteiger partial charge on any atom is -0.280 e. The Kier molecular flexibility index (Phi) is 4.02. The maximum absolute atomic E-state index is 6.10. The molecule has 2 aromatic carbocycles. The second kappa shape index (κ2) is 6.34. The number of hydrogen-bond donors (Lipinski definition) is 1. The van der Waals surface area contributed by atoms with E-state index < -0.39 is 0 Å². The minimum absolute atomic E-state index is 0.735. The third kappa shape index (κ3) is 2.71. The molecule has 4 rings (SSSR count). The van der Waals surface area contributed by atoms with Crippen molar-refractivity contribution in [3.8, 4) is 22.4 Å². The number of nitrogens with zero attached hydrogens (tertiary/aromatic N) is 2. The lowest BCUT2D eigenvalue weighted by Gasteiger charge is -2.15. The van der Waals surface area contributed by atoms with Crippen molar-refractivity contribution in [3.63, 3.8) is 0 Å². The molecule has 0 spiro atoms. The fourth-order valence-electron chi connectivity index (χ4n) is 3.35. The van der Waals surface area contributed by atoms with Crippen LogP contribution in [0.3, 0.4) is 0 Å². The molecule has 0 amide bonds. The molecule has 0 saturated heterocycles. The molecule has 25 heavy (non-hydrogen) atoms. The highest BCUT2D eigenvalue weighted by molar-refractivity contribution is 6.30. The van der Waals surface area contributed by atoms with Crippen molar-refractivity contribution in [2.24, 2.45) is 0 Å². The molecule has 0 bridgehead atoms. The Hall–Kier alpha value is -2.65. The summed E-state index contributed by atoms with van der Waals surface area (Å²) in [4.78, 5) is 4.87. The van der Waals surface area contributed by atoms with E-state index in [2.05, 4.69) is 41.4 Å². The van der Waals surface area contributed by atoms with Crippen LogP contribution in [0.4, 0.5) is 0 Å². The van der Waals surface area contributed by atoms with Crippen molar-refractivity contribution in [2.45, 2.75) is 20.3 Å². The van der Waals surface area contributed by atoms with Crippen LogP contribution in [0.5, 0.6) is 0 Å². The normalized spacial score (nSPS) is 11.2. The summed E-state index contributed by atoms with van der Waals surface area (Å²) in [6, 6.07) is 18.3. The van der Waals surface area contributed by atoms with E-state index in [-0.39, 0.29) is 0 Å². The number of hydrogen-bond acceptors (Lipinski definition) is 2. The van der Waals surface area contributed by atoms with E-state index in [9.17, 15) is 0 Å². The first-order valence-corrected chi connectivity index (χ1v) is 8.75. The molecule has 0 fully saturated rings. The van der Waals surface area contributed by atoms with Crippen LogP contribution >= 0.6 is 11.6 Å². The predicted molar refractivity (Wildman–Crippen MR) is 104 cm³/mol. The lowest BCUT2D eigenvalue weighted by atomic mass is 9.91. The van der Waals surface area contributed by atoms with Gasteiger partial charge in [-0.25, -0.2) is 4.98 Å². The van der Waals surface area contributed by atoms with Gasteiger partial charge in [0, 0.05) is 21.7 Å². The number of benzene rings is 2. The van der Waals surface area contributed by atoms with E-state index >= 15 is 0 Å². The molecule has 0 unspecified atom stereocenters. The number of aromatic amines is 1. The number of pyridine rings is 1. The average molecular weight is 348 g/mol. The first kappa shape index (κ1) is 15.9.